The van der Waals surface area contributed by atoms with E-state index in [4.69, 9.17) is 4.74 Å². The summed E-state index contributed by atoms with van der Waals surface area (Å²) in [7, 11) is 0. The minimum absolute atomic E-state index is 0.227. The van der Waals surface area contributed by atoms with Crippen molar-refractivity contribution in [3.63, 3.8) is 0 Å². The molecule has 0 bridgehead atoms. The van der Waals surface area contributed by atoms with Crippen molar-refractivity contribution in [3.05, 3.63) is 30.1 Å². The molecule has 0 aliphatic carbocycles. The standard InChI is InChI=1S/C14H17FN2O5/c1-2-21-9-14(20)22-8-13(19)16-7-12(18)17-11-5-3-10(15)4-6-11/h3-6H,2,7-9H2,1H3,(H,16,19)(H,17,18). The highest BCUT2D eigenvalue weighted by molar-refractivity contribution is 5.94. The highest BCUT2D eigenvalue weighted by Crippen LogP contribution is 2.07. The van der Waals surface area contributed by atoms with Crippen molar-refractivity contribution in [1.29, 1.82) is 0 Å². The number of carbonyl (C=O) groups excluding carboxylic acids is 3. The average molecular weight is 312 g/mol. The molecule has 7 nitrogen and oxygen atoms in total. The first-order chi connectivity index (χ1) is 10.5. The minimum atomic E-state index is -0.659. The zero-order valence-corrected chi connectivity index (χ0v) is 12.1. The van der Waals surface area contributed by atoms with Crippen LogP contribution in [0.4, 0.5) is 10.1 Å². The molecular weight excluding hydrogens is 295 g/mol. The molecule has 0 unspecified atom stereocenters. The molecule has 8 heteroatoms. The molecule has 0 saturated heterocycles. The van der Waals surface area contributed by atoms with E-state index in [0.717, 1.165) is 0 Å². The summed E-state index contributed by atoms with van der Waals surface area (Å²) >= 11 is 0. The molecule has 0 radical (unpaired) electrons. The van der Waals surface area contributed by atoms with Crippen LogP contribution >= 0.6 is 0 Å². The fourth-order valence-electron chi connectivity index (χ4n) is 1.34. The Kier molecular flexibility index (Phi) is 7.55. The van der Waals surface area contributed by atoms with E-state index in [1.165, 1.54) is 24.3 Å². The molecule has 120 valence electrons. The molecule has 2 amide bonds. The van der Waals surface area contributed by atoms with Crippen molar-refractivity contribution in [1.82, 2.24) is 5.32 Å². The minimum Gasteiger partial charge on any atom is -0.454 e. The maximum atomic E-state index is 12.7. The third-order valence-corrected chi connectivity index (χ3v) is 2.36. The quantitative estimate of drug-likeness (QED) is 0.680. The number of nitrogens with one attached hydrogen (secondary N) is 2. The highest BCUT2D eigenvalue weighted by Gasteiger charge is 2.09. The summed E-state index contributed by atoms with van der Waals surface area (Å²) in [5.74, 6) is -2.17. The van der Waals surface area contributed by atoms with Gasteiger partial charge in [-0.15, -0.1) is 0 Å². The summed E-state index contributed by atoms with van der Waals surface area (Å²) in [4.78, 5) is 34.0. The van der Waals surface area contributed by atoms with E-state index in [9.17, 15) is 18.8 Å². The van der Waals surface area contributed by atoms with E-state index in [1.807, 2.05) is 0 Å². The number of esters is 1. The molecule has 0 spiro atoms. The Morgan fingerprint density at radius 2 is 1.77 bits per heavy atom. The fraction of sp³-hybridized carbons (Fsp3) is 0.357. The second-order valence-corrected chi connectivity index (χ2v) is 4.13. The average Bonchev–Trinajstić information content (AvgIpc) is 2.51. The number of benzene rings is 1. The SMILES string of the molecule is CCOCC(=O)OCC(=O)NCC(=O)Nc1ccc(F)cc1. The van der Waals surface area contributed by atoms with Gasteiger partial charge in [-0.05, 0) is 31.2 Å². The lowest BCUT2D eigenvalue weighted by atomic mass is 10.3. The molecule has 1 aromatic carbocycles. The molecule has 0 fully saturated rings. The van der Waals surface area contributed by atoms with Gasteiger partial charge in [0.15, 0.2) is 6.61 Å². The first-order valence-corrected chi connectivity index (χ1v) is 6.56. The van der Waals surface area contributed by atoms with E-state index < -0.39 is 30.2 Å². The smallest absolute Gasteiger partial charge is 0.332 e. The number of hydrogen-bond acceptors (Lipinski definition) is 5. The molecule has 1 rings (SSSR count). The van der Waals surface area contributed by atoms with E-state index >= 15 is 0 Å². The van der Waals surface area contributed by atoms with Gasteiger partial charge in [-0.25, -0.2) is 9.18 Å². The summed E-state index contributed by atoms with van der Waals surface area (Å²) in [5.41, 5.74) is 0.406. The molecule has 0 aliphatic rings. The first kappa shape index (κ1) is 17.6. The Morgan fingerprint density at radius 1 is 1.09 bits per heavy atom. The topological polar surface area (TPSA) is 93.7 Å². The number of ether oxygens (including phenoxy) is 2. The molecular formula is C14H17FN2O5. The Hall–Kier alpha value is -2.48. The van der Waals surface area contributed by atoms with Crippen LogP contribution in [0.15, 0.2) is 24.3 Å². The highest BCUT2D eigenvalue weighted by atomic mass is 19.1. The Bertz CT molecular complexity index is 518. The summed E-state index contributed by atoms with van der Waals surface area (Å²) in [6.45, 7) is 1.08. The second kappa shape index (κ2) is 9.46. The number of carbonyl (C=O) groups is 3. The fourth-order valence-corrected chi connectivity index (χ4v) is 1.34. The molecule has 0 atom stereocenters. The molecule has 0 heterocycles. The number of halogens is 1. The van der Waals surface area contributed by atoms with Crippen molar-refractivity contribution in [2.24, 2.45) is 0 Å². The van der Waals surface area contributed by atoms with E-state index in [-0.39, 0.29) is 13.2 Å². The van der Waals surface area contributed by atoms with Crippen LogP contribution in [0.1, 0.15) is 6.92 Å². The Morgan fingerprint density at radius 3 is 2.41 bits per heavy atom. The lowest BCUT2D eigenvalue weighted by molar-refractivity contribution is -0.152. The maximum absolute atomic E-state index is 12.7. The lowest BCUT2D eigenvalue weighted by Crippen LogP contribution is -2.35. The van der Waals surface area contributed by atoms with Crippen LogP contribution in [-0.2, 0) is 23.9 Å². The summed E-state index contributed by atoms with van der Waals surface area (Å²) in [6.07, 6.45) is 0. The van der Waals surface area contributed by atoms with Gasteiger partial charge in [0.25, 0.3) is 5.91 Å². The third kappa shape index (κ3) is 7.34. The van der Waals surface area contributed by atoms with Gasteiger partial charge in [0, 0.05) is 12.3 Å². The van der Waals surface area contributed by atoms with Crippen LogP contribution in [0.2, 0.25) is 0 Å². The zero-order valence-electron chi connectivity index (χ0n) is 12.1. The van der Waals surface area contributed by atoms with Crippen molar-refractivity contribution >= 4 is 23.5 Å². The first-order valence-electron chi connectivity index (χ1n) is 6.56. The van der Waals surface area contributed by atoms with Gasteiger partial charge in [0.2, 0.25) is 5.91 Å². The largest absolute Gasteiger partial charge is 0.454 e. The summed E-state index contributed by atoms with van der Waals surface area (Å²) in [6, 6.07) is 5.19. The lowest BCUT2D eigenvalue weighted by Gasteiger charge is -2.07. The van der Waals surface area contributed by atoms with Gasteiger partial charge in [-0.3, -0.25) is 9.59 Å². The van der Waals surface area contributed by atoms with Crippen molar-refractivity contribution in [3.8, 4) is 0 Å². The number of anilines is 1. The van der Waals surface area contributed by atoms with Crippen molar-refractivity contribution < 1.29 is 28.2 Å². The Balaban J connectivity index is 2.21. The third-order valence-electron chi connectivity index (χ3n) is 2.36. The molecule has 22 heavy (non-hydrogen) atoms. The van der Waals surface area contributed by atoms with E-state index in [0.29, 0.717) is 12.3 Å². The van der Waals surface area contributed by atoms with E-state index in [2.05, 4.69) is 15.4 Å². The summed E-state index contributed by atoms with van der Waals surface area (Å²) < 4.78 is 22.1. The molecule has 0 aliphatic heterocycles. The van der Waals surface area contributed by atoms with Crippen LogP contribution < -0.4 is 10.6 Å². The van der Waals surface area contributed by atoms with Crippen LogP contribution in [0.25, 0.3) is 0 Å². The number of amides is 2. The van der Waals surface area contributed by atoms with Crippen molar-refractivity contribution in [2.45, 2.75) is 6.92 Å². The van der Waals surface area contributed by atoms with Gasteiger partial charge in [0.1, 0.15) is 12.4 Å². The van der Waals surface area contributed by atoms with Gasteiger partial charge in [-0.1, -0.05) is 0 Å². The normalized spacial score (nSPS) is 9.91. The predicted octanol–water partition coefficient (Wildman–Crippen LogP) is 0.460. The van der Waals surface area contributed by atoms with Gasteiger partial charge >= 0.3 is 5.97 Å². The predicted molar refractivity (Wildman–Crippen MR) is 75.5 cm³/mol. The molecule has 0 aromatic heterocycles. The van der Waals surface area contributed by atoms with Crippen LogP contribution in [-0.4, -0.2) is 44.1 Å². The maximum Gasteiger partial charge on any atom is 0.332 e. The summed E-state index contributed by atoms with van der Waals surface area (Å²) in [5, 5.41) is 4.75. The molecule has 1 aromatic rings. The monoisotopic (exact) mass is 312 g/mol. The second-order valence-electron chi connectivity index (χ2n) is 4.13. The number of rotatable bonds is 8. The van der Waals surface area contributed by atoms with Gasteiger partial charge in [0.05, 0.1) is 6.54 Å². The molecule has 2 N–H and O–H groups in total. The Labute approximate surface area is 126 Å². The van der Waals surface area contributed by atoms with Crippen LogP contribution in [0, 0.1) is 5.82 Å². The molecule has 0 saturated carbocycles. The van der Waals surface area contributed by atoms with Crippen LogP contribution in [0.5, 0.6) is 0 Å². The van der Waals surface area contributed by atoms with Gasteiger partial charge < -0.3 is 20.1 Å². The van der Waals surface area contributed by atoms with Crippen molar-refractivity contribution in [2.75, 3.05) is 31.7 Å². The van der Waals surface area contributed by atoms with Crippen LogP contribution in [0.3, 0.4) is 0 Å². The zero-order chi connectivity index (χ0) is 16.4. The van der Waals surface area contributed by atoms with Gasteiger partial charge in [-0.2, -0.15) is 0 Å². The van der Waals surface area contributed by atoms with E-state index in [1.54, 1.807) is 6.92 Å². The number of hydrogen-bond donors (Lipinski definition) is 2.